The molecule has 1 aliphatic heterocycles. The molecule has 0 saturated carbocycles. The Morgan fingerprint density at radius 3 is 2.57 bits per heavy atom. The Kier molecular flexibility index (Phi) is 6.52. The quantitative estimate of drug-likeness (QED) is 0.528. The number of nitrogens with zero attached hydrogens (tertiary/aromatic N) is 3. The summed E-state index contributed by atoms with van der Waals surface area (Å²) in [6.45, 7) is 4.78. The molecule has 1 aromatic carbocycles. The average Bonchev–Trinajstić information content (AvgIpc) is 3.23. The number of anilines is 1. The molecule has 1 fully saturated rings. The number of halogens is 5. The number of amides is 1. The third-order valence-electron chi connectivity index (χ3n) is 6.11. The van der Waals surface area contributed by atoms with Crippen LogP contribution in [-0.4, -0.2) is 40.8 Å². The molecule has 0 bridgehead atoms. The zero-order valence-corrected chi connectivity index (χ0v) is 19.0. The Labute approximate surface area is 197 Å². The zero-order valence-electron chi connectivity index (χ0n) is 19.0. The highest BCUT2D eigenvalue weighted by Crippen LogP contribution is 2.26. The van der Waals surface area contributed by atoms with Crippen molar-refractivity contribution in [3.63, 3.8) is 0 Å². The van der Waals surface area contributed by atoms with E-state index in [2.05, 4.69) is 11.9 Å². The van der Waals surface area contributed by atoms with Crippen molar-refractivity contribution in [2.45, 2.75) is 38.9 Å². The van der Waals surface area contributed by atoms with Gasteiger partial charge in [0.1, 0.15) is 29.1 Å². The highest BCUT2D eigenvalue weighted by molar-refractivity contribution is 5.97. The molecule has 1 N–H and O–H groups in total. The van der Waals surface area contributed by atoms with Crippen molar-refractivity contribution < 1.29 is 26.7 Å². The van der Waals surface area contributed by atoms with E-state index in [1.165, 1.54) is 13.0 Å². The summed E-state index contributed by atoms with van der Waals surface area (Å²) in [4.78, 5) is 32.4. The molecular formula is C24H23F5N4O2. The van der Waals surface area contributed by atoms with E-state index in [1.54, 1.807) is 6.07 Å². The maximum Gasteiger partial charge on any atom is 0.408 e. The van der Waals surface area contributed by atoms with Crippen molar-refractivity contribution >= 4 is 22.8 Å². The fraction of sp³-hybridized carbons (Fsp3) is 0.375. The largest absolute Gasteiger partial charge is 0.408 e. The lowest BCUT2D eigenvalue weighted by molar-refractivity contribution is -0.153. The lowest BCUT2D eigenvalue weighted by Gasteiger charge is -2.21. The maximum absolute atomic E-state index is 14.7. The lowest BCUT2D eigenvalue weighted by atomic mass is 10.1. The van der Waals surface area contributed by atoms with E-state index in [9.17, 15) is 31.5 Å². The van der Waals surface area contributed by atoms with Crippen LogP contribution in [0.4, 0.5) is 27.8 Å². The molecule has 0 unspecified atom stereocenters. The molecule has 35 heavy (non-hydrogen) atoms. The van der Waals surface area contributed by atoms with Gasteiger partial charge in [-0.3, -0.25) is 14.2 Å². The molecule has 11 heteroatoms. The van der Waals surface area contributed by atoms with Crippen LogP contribution in [0.1, 0.15) is 37.0 Å². The van der Waals surface area contributed by atoms with Crippen molar-refractivity contribution in [2.24, 2.45) is 5.92 Å². The SMILES string of the molecule is CC[C@H](NC(=O)c1cn(-c2ccc(F)cc2F)c2nc(N3CC[C@H](C)C3)ccc2c1=O)C(F)(F)F. The van der Waals surface area contributed by atoms with Crippen molar-refractivity contribution in [1.82, 2.24) is 14.9 Å². The molecule has 3 heterocycles. The summed E-state index contributed by atoms with van der Waals surface area (Å²) in [5.41, 5.74) is -1.68. The normalized spacial score (nSPS) is 17.1. The van der Waals surface area contributed by atoms with Gasteiger partial charge in [0.05, 0.1) is 11.1 Å². The summed E-state index contributed by atoms with van der Waals surface area (Å²) in [6.07, 6.45) is -3.27. The molecule has 2 atom stereocenters. The van der Waals surface area contributed by atoms with Gasteiger partial charge in [-0.2, -0.15) is 13.2 Å². The maximum atomic E-state index is 14.7. The van der Waals surface area contributed by atoms with Crippen LogP contribution >= 0.6 is 0 Å². The fourth-order valence-corrected chi connectivity index (χ4v) is 4.19. The second kappa shape index (κ2) is 9.27. The molecule has 2 aromatic heterocycles. The first-order valence-electron chi connectivity index (χ1n) is 11.1. The number of carbonyl (C=O) groups excluding carboxylic acids is 1. The number of carbonyl (C=O) groups is 1. The van der Waals surface area contributed by atoms with Gasteiger partial charge >= 0.3 is 6.18 Å². The van der Waals surface area contributed by atoms with Gasteiger partial charge in [0.25, 0.3) is 5.91 Å². The van der Waals surface area contributed by atoms with Crippen molar-refractivity contribution in [2.75, 3.05) is 18.0 Å². The van der Waals surface area contributed by atoms with E-state index in [-0.39, 0.29) is 16.7 Å². The van der Waals surface area contributed by atoms with Crippen LogP contribution in [0.2, 0.25) is 0 Å². The smallest absolute Gasteiger partial charge is 0.356 e. The molecule has 6 nitrogen and oxygen atoms in total. The molecule has 4 rings (SSSR count). The highest BCUT2D eigenvalue weighted by atomic mass is 19.4. The number of aromatic nitrogens is 2. The lowest BCUT2D eigenvalue weighted by Crippen LogP contribution is -2.46. The third-order valence-corrected chi connectivity index (χ3v) is 6.11. The first kappa shape index (κ1) is 24.6. The van der Waals surface area contributed by atoms with Gasteiger partial charge in [-0.25, -0.2) is 13.8 Å². The predicted octanol–water partition coefficient (Wildman–Crippen LogP) is 4.58. The first-order chi connectivity index (χ1) is 16.5. The van der Waals surface area contributed by atoms with Gasteiger partial charge in [0.15, 0.2) is 5.65 Å². The van der Waals surface area contributed by atoms with Crippen LogP contribution < -0.4 is 15.6 Å². The third kappa shape index (κ3) is 4.85. The number of hydrogen-bond acceptors (Lipinski definition) is 4. The van der Waals surface area contributed by atoms with Crippen LogP contribution in [-0.2, 0) is 0 Å². The Balaban J connectivity index is 1.90. The number of benzene rings is 1. The molecule has 3 aromatic rings. The summed E-state index contributed by atoms with van der Waals surface area (Å²) in [5, 5.41) is 1.75. The van der Waals surface area contributed by atoms with Crippen molar-refractivity contribution in [3.8, 4) is 5.69 Å². The van der Waals surface area contributed by atoms with E-state index in [1.807, 2.05) is 10.2 Å². The summed E-state index contributed by atoms with van der Waals surface area (Å²) in [7, 11) is 0. The number of fused-ring (bicyclic) bond motifs is 1. The van der Waals surface area contributed by atoms with Crippen molar-refractivity contribution in [3.05, 3.63) is 63.9 Å². The van der Waals surface area contributed by atoms with E-state index in [0.29, 0.717) is 17.8 Å². The van der Waals surface area contributed by atoms with Crippen LogP contribution in [0, 0.1) is 17.6 Å². The minimum absolute atomic E-state index is 0.00280. The van der Waals surface area contributed by atoms with Crippen LogP contribution in [0.15, 0.2) is 41.3 Å². The average molecular weight is 494 g/mol. The molecule has 0 radical (unpaired) electrons. The Bertz CT molecular complexity index is 1340. The van der Waals surface area contributed by atoms with Gasteiger partial charge in [-0.15, -0.1) is 0 Å². The first-order valence-corrected chi connectivity index (χ1v) is 11.1. The molecule has 1 saturated heterocycles. The number of rotatable bonds is 5. The van der Waals surface area contributed by atoms with Crippen LogP contribution in [0.5, 0.6) is 0 Å². The Morgan fingerprint density at radius 1 is 1.23 bits per heavy atom. The van der Waals surface area contributed by atoms with Crippen molar-refractivity contribution in [1.29, 1.82) is 0 Å². The molecule has 0 spiro atoms. The molecular weight excluding hydrogens is 471 g/mol. The Morgan fingerprint density at radius 2 is 1.97 bits per heavy atom. The monoisotopic (exact) mass is 494 g/mol. The molecule has 186 valence electrons. The molecule has 1 amide bonds. The van der Waals surface area contributed by atoms with E-state index in [0.717, 1.165) is 42.4 Å². The van der Waals surface area contributed by atoms with Crippen LogP contribution in [0.25, 0.3) is 16.7 Å². The minimum atomic E-state index is -4.72. The zero-order chi connectivity index (χ0) is 25.5. The van der Waals surface area contributed by atoms with Gasteiger partial charge in [0, 0.05) is 25.4 Å². The highest BCUT2D eigenvalue weighted by Gasteiger charge is 2.39. The van der Waals surface area contributed by atoms with Crippen LogP contribution in [0.3, 0.4) is 0 Å². The minimum Gasteiger partial charge on any atom is -0.356 e. The van der Waals surface area contributed by atoms with Gasteiger partial charge < -0.3 is 10.2 Å². The van der Waals surface area contributed by atoms with Gasteiger partial charge in [-0.05, 0) is 43.0 Å². The fourth-order valence-electron chi connectivity index (χ4n) is 4.19. The van der Waals surface area contributed by atoms with E-state index >= 15 is 0 Å². The topological polar surface area (TPSA) is 67.2 Å². The molecule has 0 aliphatic carbocycles. The molecule has 1 aliphatic rings. The van der Waals surface area contributed by atoms with E-state index < -0.39 is 47.2 Å². The summed E-state index contributed by atoms with van der Waals surface area (Å²) in [6, 6.07) is 3.55. The number of hydrogen-bond donors (Lipinski definition) is 1. The summed E-state index contributed by atoms with van der Waals surface area (Å²) in [5.74, 6) is -2.14. The van der Waals surface area contributed by atoms with E-state index in [4.69, 9.17) is 0 Å². The summed E-state index contributed by atoms with van der Waals surface area (Å²) >= 11 is 0. The number of alkyl halides is 3. The van der Waals surface area contributed by atoms with Gasteiger partial charge in [0.2, 0.25) is 5.43 Å². The number of pyridine rings is 2. The van der Waals surface area contributed by atoms with Gasteiger partial charge in [-0.1, -0.05) is 13.8 Å². The second-order valence-electron chi connectivity index (χ2n) is 8.69. The second-order valence-corrected chi connectivity index (χ2v) is 8.69. The Hall–Kier alpha value is -3.50. The predicted molar refractivity (Wildman–Crippen MR) is 121 cm³/mol. The number of nitrogens with one attached hydrogen (secondary N) is 1. The summed E-state index contributed by atoms with van der Waals surface area (Å²) < 4.78 is 69.0. The standard InChI is InChI=1S/C24H23F5N4O2/c1-3-19(24(27,28)29)30-23(35)16-12-33(18-6-4-14(25)10-17(18)26)22-15(21(16)34)5-7-20(31-22)32-9-8-13(2)11-32/h4-7,10,12-13,19H,3,8-9,11H2,1-2H3,(H,30,35)/t13-,19-/m0/s1.